The normalized spacial score (nSPS) is 21.4. The molecule has 5 aromatic rings. The molecule has 3 heterocycles. The van der Waals surface area contributed by atoms with Gasteiger partial charge in [0.1, 0.15) is 5.54 Å². The summed E-state index contributed by atoms with van der Waals surface area (Å²) in [6, 6.07) is 42.4. The van der Waals surface area contributed by atoms with Crippen LogP contribution in [0.1, 0.15) is 53.9 Å². The first-order chi connectivity index (χ1) is 26.8. The minimum absolute atomic E-state index is 0.0190. The number of benzene rings is 5. The van der Waals surface area contributed by atoms with E-state index in [9.17, 15) is 18.3 Å². The number of piperidine rings is 1. The quantitative estimate of drug-likeness (QED) is 0.144. The second-order valence-corrected chi connectivity index (χ2v) is 16.3. The third-order valence-corrected chi connectivity index (χ3v) is 12.5. The van der Waals surface area contributed by atoms with Crippen molar-refractivity contribution in [3.63, 3.8) is 0 Å². The molecule has 0 unspecified atom stereocenters. The van der Waals surface area contributed by atoms with Gasteiger partial charge >= 0.3 is 0 Å². The summed E-state index contributed by atoms with van der Waals surface area (Å²) in [4.78, 5) is 18.1. The van der Waals surface area contributed by atoms with E-state index in [1.54, 1.807) is 30.3 Å². The Kier molecular flexibility index (Phi) is 10.8. The highest BCUT2D eigenvalue weighted by atomic mass is 32.2. The molecule has 0 bridgehead atoms. The van der Waals surface area contributed by atoms with E-state index in [2.05, 4.69) is 32.0 Å². The molecule has 3 aliphatic heterocycles. The van der Waals surface area contributed by atoms with Gasteiger partial charge in [0.05, 0.1) is 30.4 Å². The van der Waals surface area contributed by atoms with Gasteiger partial charge in [-0.2, -0.15) is 0 Å². The molecule has 10 nitrogen and oxygen atoms in total. The number of aliphatic hydroxyl groups is 1. The van der Waals surface area contributed by atoms with Crippen LogP contribution in [0.4, 0.5) is 5.69 Å². The van der Waals surface area contributed by atoms with Crippen LogP contribution in [0.25, 0.3) is 11.1 Å². The number of hydrogen-bond acceptors (Lipinski definition) is 8. The number of nitrogens with one attached hydrogen (secondary N) is 2. The standard InChI is InChI=1S/C44H46N4O6S/c49-30-32-14-16-35(17-15-32)41-27-39(29-47-24-22-44(23-25-47)43(50)45-31-48(44)38-10-3-1-4-11-38)53-42(54-41)36-20-18-34(19-21-36)37-9-7-8-33(26-37)28-46-55(51,52)40-12-5-2-6-13-40/h1-21,26,39,41-42,46,49H,22-25,27-31H2,(H,45,50)/t39-,41+,42+/m0/s1. The number of aliphatic hydroxyl groups excluding tert-OH is 1. The van der Waals surface area contributed by atoms with Gasteiger partial charge in [-0.15, -0.1) is 0 Å². The first-order valence-electron chi connectivity index (χ1n) is 18.9. The fourth-order valence-corrected chi connectivity index (χ4v) is 9.05. The van der Waals surface area contributed by atoms with Crippen molar-refractivity contribution in [2.24, 2.45) is 0 Å². The molecule has 55 heavy (non-hydrogen) atoms. The van der Waals surface area contributed by atoms with E-state index < -0.39 is 21.9 Å². The zero-order chi connectivity index (χ0) is 37.8. The number of sulfonamides is 1. The minimum Gasteiger partial charge on any atom is -0.392 e. The van der Waals surface area contributed by atoms with Crippen molar-refractivity contribution in [2.45, 2.75) is 61.3 Å². The molecular formula is C44H46N4O6S. The molecule has 0 aromatic heterocycles. The Hall–Kier alpha value is -4.88. The summed E-state index contributed by atoms with van der Waals surface area (Å²) >= 11 is 0. The van der Waals surface area contributed by atoms with Gasteiger partial charge in [0, 0.05) is 43.9 Å². The van der Waals surface area contributed by atoms with Gasteiger partial charge in [-0.05, 0) is 71.0 Å². The van der Waals surface area contributed by atoms with Crippen molar-refractivity contribution in [1.29, 1.82) is 0 Å². The Morgan fingerprint density at radius 2 is 1.45 bits per heavy atom. The van der Waals surface area contributed by atoms with Gasteiger partial charge in [-0.25, -0.2) is 13.1 Å². The number of carbonyl (C=O) groups excluding carboxylic acids is 1. The number of rotatable bonds is 11. The van der Waals surface area contributed by atoms with E-state index in [1.165, 1.54) is 0 Å². The van der Waals surface area contributed by atoms with Crippen molar-refractivity contribution in [3.05, 3.63) is 156 Å². The number of amides is 1. The summed E-state index contributed by atoms with van der Waals surface area (Å²) in [6.45, 7) is 2.94. The molecule has 3 saturated heterocycles. The largest absolute Gasteiger partial charge is 0.392 e. The molecule has 8 rings (SSSR count). The smallest absolute Gasteiger partial charge is 0.247 e. The maximum Gasteiger partial charge on any atom is 0.247 e. The van der Waals surface area contributed by atoms with Crippen LogP contribution in [0.5, 0.6) is 0 Å². The number of carbonyl (C=O) groups is 1. The Morgan fingerprint density at radius 3 is 2.16 bits per heavy atom. The maximum atomic E-state index is 13.3. The average molecular weight is 759 g/mol. The summed E-state index contributed by atoms with van der Waals surface area (Å²) in [6.07, 6.45) is 1.21. The number of likely N-dealkylation sites (tertiary alicyclic amines) is 1. The first kappa shape index (κ1) is 37.1. The van der Waals surface area contributed by atoms with E-state index in [1.807, 2.05) is 91.0 Å². The molecule has 5 aromatic carbocycles. The average Bonchev–Trinajstić information content (AvgIpc) is 3.55. The predicted octanol–water partition coefficient (Wildman–Crippen LogP) is 6.30. The predicted molar refractivity (Wildman–Crippen MR) is 211 cm³/mol. The number of hydrogen-bond donors (Lipinski definition) is 3. The van der Waals surface area contributed by atoms with Gasteiger partial charge in [0.25, 0.3) is 0 Å². The molecule has 0 radical (unpaired) electrons. The van der Waals surface area contributed by atoms with E-state index in [4.69, 9.17) is 9.47 Å². The van der Waals surface area contributed by atoms with Crippen LogP contribution in [-0.2, 0) is 37.4 Å². The lowest BCUT2D eigenvalue weighted by Crippen LogP contribution is -2.57. The third kappa shape index (κ3) is 8.09. The fraction of sp³-hybridized carbons (Fsp3) is 0.295. The summed E-state index contributed by atoms with van der Waals surface area (Å²) in [5.41, 5.74) is 6.10. The van der Waals surface area contributed by atoms with Gasteiger partial charge in [-0.1, -0.05) is 103 Å². The molecule has 1 spiro atoms. The van der Waals surface area contributed by atoms with E-state index in [-0.39, 0.29) is 36.2 Å². The van der Waals surface area contributed by atoms with Crippen molar-refractivity contribution >= 4 is 21.6 Å². The molecule has 0 saturated carbocycles. The van der Waals surface area contributed by atoms with Crippen molar-refractivity contribution in [2.75, 3.05) is 31.2 Å². The van der Waals surface area contributed by atoms with E-state index >= 15 is 0 Å². The highest BCUT2D eigenvalue weighted by molar-refractivity contribution is 7.89. The second-order valence-electron chi connectivity index (χ2n) is 14.6. The lowest BCUT2D eigenvalue weighted by atomic mass is 9.85. The fourth-order valence-electron chi connectivity index (χ4n) is 8.01. The van der Waals surface area contributed by atoms with Crippen LogP contribution in [-0.4, -0.2) is 62.3 Å². The molecule has 3 aliphatic rings. The van der Waals surface area contributed by atoms with Crippen molar-refractivity contribution < 1.29 is 27.8 Å². The zero-order valence-corrected chi connectivity index (χ0v) is 31.4. The Bertz CT molecular complexity index is 2180. The zero-order valence-electron chi connectivity index (χ0n) is 30.6. The topological polar surface area (TPSA) is 120 Å². The van der Waals surface area contributed by atoms with E-state index in [0.29, 0.717) is 19.6 Å². The number of para-hydroxylation sites is 1. The Morgan fingerprint density at radius 1 is 0.764 bits per heavy atom. The van der Waals surface area contributed by atoms with Gasteiger partial charge in [-0.3, -0.25) is 4.79 Å². The minimum atomic E-state index is -3.63. The summed E-state index contributed by atoms with van der Waals surface area (Å²) < 4.78 is 41.6. The lowest BCUT2D eigenvalue weighted by molar-refractivity contribution is -0.253. The number of ether oxygens (including phenoxy) is 2. The lowest BCUT2D eigenvalue weighted by Gasteiger charge is -2.45. The second kappa shape index (κ2) is 16.1. The third-order valence-electron chi connectivity index (χ3n) is 11.1. The van der Waals surface area contributed by atoms with Crippen molar-refractivity contribution in [3.8, 4) is 11.1 Å². The van der Waals surface area contributed by atoms with Crippen LogP contribution < -0.4 is 14.9 Å². The van der Waals surface area contributed by atoms with Crippen LogP contribution >= 0.6 is 0 Å². The molecule has 3 N–H and O–H groups in total. The highest BCUT2D eigenvalue weighted by Crippen LogP contribution is 2.40. The highest BCUT2D eigenvalue weighted by Gasteiger charge is 2.50. The first-order valence-corrected chi connectivity index (χ1v) is 20.4. The molecule has 3 fully saturated rings. The summed E-state index contributed by atoms with van der Waals surface area (Å²) in [5.74, 6) is 0.104. The van der Waals surface area contributed by atoms with Crippen LogP contribution in [0.3, 0.4) is 0 Å². The van der Waals surface area contributed by atoms with Crippen LogP contribution in [0.15, 0.2) is 138 Å². The Balaban J connectivity index is 0.961. The van der Waals surface area contributed by atoms with Gasteiger partial charge in [0.15, 0.2) is 6.29 Å². The van der Waals surface area contributed by atoms with E-state index in [0.717, 1.165) is 65.0 Å². The maximum absolute atomic E-state index is 13.3. The van der Waals surface area contributed by atoms with Crippen molar-refractivity contribution in [1.82, 2.24) is 14.9 Å². The molecule has 3 atom stereocenters. The van der Waals surface area contributed by atoms with Crippen LogP contribution in [0, 0.1) is 0 Å². The molecule has 11 heteroatoms. The van der Waals surface area contributed by atoms with Gasteiger partial charge in [0.2, 0.25) is 15.9 Å². The Labute approximate surface area is 322 Å². The SMILES string of the molecule is O=C1NCN(c2ccccc2)C12CCN(C[C@@H]1C[C@H](c3ccc(CO)cc3)O[C@H](c3ccc(-c4cccc(CNS(=O)(=O)c5ccccc5)c4)cc3)O1)CC2. The molecule has 284 valence electrons. The summed E-state index contributed by atoms with van der Waals surface area (Å²) in [7, 11) is -3.63. The monoisotopic (exact) mass is 758 g/mol. The van der Waals surface area contributed by atoms with Crippen LogP contribution in [0.2, 0.25) is 0 Å². The molecule has 0 aliphatic carbocycles. The molecule has 1 amide bonds. The molecular weight excluding hydrogens is 713 g/mol. The number of nitrogens with zero attached hydrogens (tertiary/aromatic N) is 2. The van der Waals surface area contributed by atoms with Gasteiger partial charge < -0.3 is 29.7 Å². The number of anilines is 1. The summed E-state index contributed by atoms with van der Waals surface area (Å²) in [5, 5.41) is 12.7.